The first-order chi connectivity index (χ1) is 10.9. The van der Waals surface area contributed by atoms with Crippen LogP contribution in [0.25, 0.3) is 0 Å². The van der Waals surface area contributed by atoms with Crippen LogP contribution in [0.2, 0.25) is 5.02 Å². The van der Waals surface area contributed by atoms with Crippen LogP contribution in [0.5, 0.6) is 17.2 Å². The lowest BCUT2D eigenvalue weighted by atomic mass is 10.3. The van der Waals surface area contributed by atoms with Crippen LogP contribution in [0, 0.1) is 0 Å². The number of ether oxygens (including phenoxy) is 3. The van der Waals surface area contributed by atoms with Gasteiger partial charge in [0.2, 0.25) is 0 Å². The molecule has 0 unspecified atom stereocenters. The summed E-state index contributed by atoms with van der Waals surface area (Å²) in [6, 6.07) is 9.06. The third kappa shape index (κ3) is 3.80. The van der Waals surface area contributed by atoms with E-state index in [1.165, 1.54) is 39.5 Å². The highest BCUT2D eigenvalue weighted by Crippen LogP contribution is 2.32. The molecule has 2 aromatic carbocycles. The molecule has 0 aromatic heterocycles. The first kappa shape index (κ1) is 17.2. The molecule has 0 bridgehead atoms. The third-order valence-electron chi connectivity index (χ3n) is 3.05. The van der Waals surface area contributed by atoms with Crippen molar-refractivity contribution in [3.63, 3.8) is 0 Å². The summed E-state index contributed by atoms with van der Waals surface area (Å²) in [7, 11) is 0.476. The molecule has 0 heterocycles. The zero-order valence-electron chi connectivity index (χ0n) is 12.8. The minimum atomic E-state index is -3.88. The quantitative estimate of drug-likeness (QED) is 0.859. The first-order valence-corrected chi connectivity index (χ1v) is 8.35. The van der Waals surface area contributed by atoms with Crippen molar-refractivity contribution in [2.24, 2.45) is 0 Å². The average Bonchev–Trinajstić information content (AvgIpc) is 2.54. The summed E-state index contributed by atoms with van der Waals surface area (Å²) in [5.74, 6) is 1.10. The molecule has 0 saturated carbocycles. The third-order valence-corrected chi connectivity index (χ3v) is 4.69. The molecule has 0 radical (unpaired) electrons. The van der Waals surface area contributed by atoms with Crippen LogP contribution in [-0.4, -0.2) is 29.7 Å². The Bertz CT molecular complexity index is 808. The highest BCUT2D eigenvalue weighted by atomic mass is 35.5. The summed E-state index contributed by atoms with van der Waals surface area (Å²) >= 11 is 5.89. The Morgan fingerprint density at radius 1 is 0.870 bits per heavy atom. The summed E-state index contributed by atoms with van der Waals surface area (Å²) in [5.41, 5.74) is 0.324. The standard InChI is InChI=1S/C15H16ClNO5S/c1-20-12-7-5-11(9-14(12)22-3)17-23(18,19)15-8-10(16)4-6-13(15)21-2/h4-9,17H,1-3H3. The Kier molecular flexibility index (Phi) is 5.23. The highest BCUT2D eigenvalue weighted by molar-refractivity contribution is 7.92. The molecule has 124 valence electrons. The molecule has 0 amide bonds. The van der Waals surface area contributed by atoms with Crippen LogP contribution < -0.4 is 18.9 Å². The van der Waals surface area contributed by atoms with Crippen LogP contribution in [0.15, 0.2) is 41.3 Å². The van der Waals surface area contributed by atoms with E-state index in [1.807, 2.05) is 0 Å². The second-order valence-corrected chi connectivity index (χ2v) is 6.56. The van der Waals surface area contributed by atoms with Gasteiger partial charge in [-0.05, 0) is 30.3 Å². The number of hydrogen-bond donors (Lipinski definition) is 1. The molecule has 0 fully saturated rings. The molecule has 0 atom stereocenters. The lowest BCUT2D eigenvalue weighted by molar-refractivity contribution is 0.355. The summed E-state index contributed by atoms with van der Waals surface area (Å²) in [5, 5.41) is 0.290. The lowest BCUT2D eigenvalue weighted by Crippen LogP contribution is -2.14. The topological polar surface area (TPSA) is 73.9 Å². The van der Waals surface area contributed by atoms with Gasteiger partial charge >= 0.3 is 0 Å². The van der Waals surface area contributed by atoms with Crippen LogP contribution in [0.1, 0.15) is 0 Å². The van der Waals surface area contributed by atoms with Crippen LogP contribution in [0.4, 0.5) is 5.69 Å². The van der Waals surface area contributed by atoms with Crippen molar-refractivity contribution >= 4 is 27.3 Å². The number of benzene rings is 2. The van der Waals surface area contributed by atoms with Crippen molar-refractivity contribution in [1.29, 1.82) is 0 Å². The summed E-state index contributed by atoms with van der Waals surface area (Å²) in [6.07, 6.45) is 0. The summed E-state index contributed by atoms with van der Waals surface area (Å²) in [6.45, 7) is 0. The van der Waals surface area contributed by atoms with Gasteiger partial charge in [-0.3, -0.25) is 4.72 Å². The van der Waals surface area contributed by atoms with Crippen molar-refractivity contribution < 1.29 is 22.6 Å². The molecule has 2 aromatic rings. The SMILES string of the molecule is COc1ccc(NS(=O)(=O)c2cc(Cl)ccc2OC)cc1OC. The molecule has 8 heteroatoms. The molecule has 0 aliphatic heterocycles. The van der Waals surface area contributed by atoms with Gasteiger partial charge in [-0.15, -0.1) is 0 Å². The van der Waals surface area contributed by atoms with Crippen molar-refractivity contribution in [3.8, 4) is 17.2 Å². The first-order valence-electron chi connectivity index (χ1n) is 6.49. The van der Waals surface area contributed by atoms with Crippen molar-refractivity contribution in [3.05, 3.63) is 41.4 Å². The average molecular weight is 358 g/mol. The molecular weight excluding hydrogens is 342 g/mol. The smallest absolute Gasteiger partial charge is 0.265 e. The fourth-order valence-corrected chi connectivity index (χ4v) is 3.45. The molecule has 6 nitrogen and oxygen atoms in total. The molecule has 1 N–H and O–H groups in total. The van der Waals surface area contributed by atoms with Gasteiger partial charge in [0.25, 0.3) is 10.0 Å². The van der Waals surface area contributed by atoms with E-state index in [2.05, 4.69) is 4.72 Å². The van der Waals surface area contributed by atoms with E-state index in [1.54, 1.807) is 18.2 Å². The van der Waals surface area contributed by atoms with Crippen LogP contribution in [0.3, 0.4) is 0 Å². The number of methoxy groups -OCH3 is 3. The van der Waals surface area contributed by atoms with Gasteiger partial charge in [0.05, 0.1) is 27.0 Å². The Hall–Kier alpha value is -2.12. The molecular formula is C15H16ClNO5S. The predicted octanol–water partition coefficient (Wildman–Crippen LogP) is 3.17. The minimum absolute atomic E-state index is 0.0534. The zero-order valence-corrected chi connectivity index (χ0v) is 14.4. The Morgan fingerprint density at radius 2 is 1.48 bits per heavy atom. The summed E-state index contributed by atoms with van der Waals surface area (Å²) < 4.78 is 42.9. The number of hydrogen-bond acceptors (Lipinski definition) is 5. The lowest BCUT2D eigenvalue weighted by Gasteiger charge is -2.13. The Morgan fingerprint density at radius 3 is 2.09 bits per heavy atom. The summed E-state index contributed by atoms with van der Waals surface area (Å²) in [4.78, 5) is -0.0534. The van der Waals surface area contributed by atoms with E-state index in [0.29, 0.717) is 22.2 Å². The van der Waals surface area contributed by atoms with Crippen molar-refractivity contribution in [1.82, 2.24) is 0 Å². The molecule has 23 heavy (non-hydrogen) atoms. The van der Waals surface area contributed by atoms with E-state index in [4.69, 9.17) is 25.8 Å². The maximum absolute atomic E-state index is 12.6. The Balaban J connectivity index is 2.41. The largest absolute Gasteiger partial charge is 0.495 e. The van der Waals surface area contributed by atoms with Crippen LogP contribution >= 0.6 is 11.6 Å². The van der Waals surface area contributed by atoms with Gasteiger partial charge in [0.15, 0.2) is 11.5 Å². The number of sulfonamides is 1. The number of anilines is 1. The van der Waals surface area contributed by atoms with Gasteiger partial charge in [-0.25, -0.2) is 8.42 Å². The van der Waals surface area contributed by atoms with Crippen molar-refractivity contribution in [2.45, 2.75) is 4.90 Å². The Labute approximate surface area is 140 Å². The fraction of sp³-hybridized carbons (Fsp3) is 0.200. The molecule has 0 aliphatic rings. The number of rotatable bonds is 6. The molecule has 0 saturated heterocycles. The van der Waals surface area contributed by atoms with E-state index in [0.717, 1.165) is 0 Å². The predicted molar refractivity (Wildman–Crippen MR) is 88.4 cm³/mol. The van der Waals surface area contributed by atoms with E-state index >= 15 is 0 Å². The number of nitrogens with one attached hydrogen (secondary N) is 1. The normalized spacial score (nSPS) is 11.0. The molecule has 0 aliphatic carbocycles. The second kappa shape index (κ2) is 6.97. The zero-order chi connectivity index (χ0) is 17.0. The maximum atomic E-state index is 12.6. The van der Waals surface area contributed by atoms with E-state index in [-0.39, 0.29) is 10.6 Å². The van der Waals surface area contributed by atoms with Gasteiger partial charge < -0.3 is 14.2 Å². The van der Waals surface area contributed by atoms with E-state index in [9.17, 15) is 8.42 Å². The second-order valence-electron chi connectivity index (χ2n) is 4.47. The van der Waals surface area contributed by atoms with Gasteiger partial charge in [0.1, 0.15) is 10.6 Å². The number of halogens is 1. The van der Waals surface area contributed by atoms with E-state index < -0.39 is 10.0 Å². The minimum Gasteiger partial charge on any atom is -0.495 e. The van der Waals surface area contributed by atoms with Crippen molar-refractivity contribution in [2.75, 3.05) is 26.1 Å². The maximum Gasteiger partial charge on any atom is 0.265 e. The highest BCUT2D eigenvalue weighted by Gasteiger charge is 2.21. The van der Waals surface area contributed by atoms with Gasteiger partial charge in [-0.1, -0.05) is 11.6 Å². The van der Waals surface area contributed by atoms with Crippen LogP contribution in [-0.2, 0) is 10.0 Å². The monoisotopic (exact) mass is 357 g/mol. The van der Waals surface area contributed by atoms with Gasteiger partial charge in [-0.2, -0.15) is 0 Å². The molecule has 0 spiro atoms. The molecule has 2 rings (SSSR count). The van der Waals surface area contributed by atoms with Gasteiger partial charge in [0, 0.05) is 11.1 Å². The fourth-order valence-electron chi connectivity index (χ4n) is 1.97.